The number of nitrogens with one attached hydrogen (secondary N) is 1. The van der Waals surface area contributed by atoms with Crippen molar-refractivity contribution in [2.24, 2.45) is 5.84 Å². The summed E-state index contributed by atoms with van der Waals surface area (Å²) >= 11 is 11.6. The van der Waals surface area contributed by atoms with Gasteiger partial charge in [-0.3, -0.25) is 11.3 Å². The highest BCUT2D eigenvalue weighted by atomic mass is 35.5. The zero-order chi connectivity index (χ0) is 10.4. The smallest absolute Gasteiger partial charge is 0.137 e. The number of nitrogens with two attached hydrogens (primary N) is 1. The van der Waals surface area contributed by atoms with Gasteiger partial charge in [0.15, 0.2) is 0 Å². The first-order chi connectivity index (χ1) is 6.74. The monoisotopic (exact) mass is 234 g/mol. The third-order valence-electron chi connectivity index (χ3n) is 1.62. The van der Waals surface area contributed by atoms with Gasteiger partial charge in [0.05, 0.1) is 11.6 Å². The number of hydrazine groups is 1. The van der Waals surface area contributed by atoms with Gasteiger partial charge in [0.1, 0.15) is 5.75 Å². The molecule has 14 heavy (non-hydrogen) atoms. The summed E-state index contributed by atoms with van der Waals surface area (Å²) in [6, 6.07) is 5.14. The largest absolute Gasteiger partial charge is 0.492 e. The van der Waals surface area contributed by atoms with Crippen molar-refractivity contribution in [3.63, 3.8) is 0 Å². The maximum atomic E-state index is 5.89. The quantitative estimate of drug-likeness (QED) is 0.467. The van der Waals surface area contributed by atoms with Crippen LogP contribution < -0.4 is 16.0 Å². The van der Waals surface area contributed by atoms with Gasteiger partial charge in [-0.05, 0) is 24.6 Å². The number of hydrogen-bond acceptors (Lipinski definition) is 3. The van der Waals surface area contributed by atoms with E-state index >= 15 is 0 Å². The van der Waals surface area contributed by atoms with E-state index in [1.807, 2.05) is 0 Å². The Kier molecular flexibility index (Phi) is 5.04. The van der Waals surface area contributed by atoms with Gasteiger partial charge in [-0.25, -0.2) is 0 Å². The van der Waals surface area contributed by atoms with Gasteiger partial charge >= 0.3 is 0 Å². The van der Waals surface area contributed by atoms with Crippen LogP contribution in [0.25, 0.3) is 0 Å². The highest BCUT2D eigenvalue weighted by Gasteiger charge is 2.01. The molecule has 0 amide bonds. The fraction of sp³-hybridized carbons (Fsp3) is 0.333. The summed E-state index contributed by atoms with van der Waals surface area (Å²) in [6.45, 7) is 1.29. The maximum Gasteiger partial charge on any atom is 0.137 e. The fourth-order valence-electron chi connectivity index (χ4n) is 0.949. The predicted molar refractivity (Wildman–Crippen MR) is 58.8 cm³/mol. The minimum atomic E-state index is 0.526. The van der Waals surface area contributed by atoms with Crippen molar-refractivity contribution in [2.75, 3.05) is 13.2 Å². The molecule has 0 aliphatic heterocycles. The Balaban J connectivity index is 2.42. The molecule has 1 aromatic rings. The summed E-state index contributed by atoms with van der Waals surface area (Å²) in [5, 5.41) is 1.13. The lowest BCUT2D eigenvalue weighted by Crippen LogP contribution is -2.24. The number of rotatable bonds is 5. The van der Waals surface area contributed by atoms with Crippen molar-refractivity contribution < 1.29 is 4.74 Å². The summed E-state index contributed by atoms with van der Waals surface area (Å²) in [6.07, 6.45) is 0.829. The molecular formula is C9H12Cl2N2O. The van der Waals surface area contributed by atoms with Crippen molar-refractivity contribution >= 4 is 23.2 Å². The minimum absolute atomic E-state index is 0.526. The van der Waals surface area contributed by atoms with Gasteiger partial charge < -0.3 is 4.74 Å². The van der Waals surface area contributed by atoms with E-state index in [4.69, 9.17) is 33.8 Å². The molecule has 3 N–H and O–H groups in total. The zero-order valence-corrected chi connectivity index (χ0v) is 9.11. The average molecular weight is 235 g/mol. The van der Waals surface area contributed by atoms with Crippen LogP contribution >= 0.6 is 23.2 Å². The molecule has 0 radical (unpaired) electrons. The molecule has 0 heterocycles. The Hall–Kier alpha value is -0.480. The number of ether oxygens (including phenoxy) is 1. The van der Waals surface area contributed by atoms with E-state index in [1.54, 1.807) is 18.2 Å². The van der Waals surface area contributed by atoms with Crippen molar-refractivity contribution in [1.29, 1.82) is 0 Å². The summed E-state index contributed by atoms with van der Waals surface area (Å²) in [5.74, 6) is 5.76. The van der Waals surface area contributed by atoms with Crippen LogP contribution in [0.2, 0.25) is 10.0 Å². The van der Waals surface area contributed by atoms with E-state index in [9.17, 15) is 0 Å². The van der Waals surface area contributed by atoms with Crippen LogP contribution in [0.1, 0.15) is 6.42 Å². The van der Waals surface area contributed by atoms with E-state index < -0.39 is 0 Å². The fourth-order valence-corrected chi connectivity index (χ4v) is 1.41. The molecule has 0 unspecified atom stereocenters. The van der Waals surface area contributed by atoms with Crippen molar-refractivity contribution in [3.05, 3.63) is 28.2 Å². The molecule has 0 spiro atoms. The van der Waals surface area contributed by atoms with Crippen LogP contribution in [0.4, 0.5) is 0 Å². The van der Waals surface area contributed by atoms with Crippen molar-refractivity contribution in [3.8, 4) is 5.75 Å². The Bertz CT molecular complexity index is 294. The molecule has 0 saturated carbocycles. The lowest BCUT2D eigenvalue weighted by Gasteiger charge is -2.07. The Morgan fingerprint density at radius 3 is 2.79 bits per heavy atom. The molecule has 0 aliphatic carbocycles. The highest BCUT2D eigenvalue weighted by molar-refractivity contribution is 6.35. The zero-order valence-electron chi connectivity index (χ0n) is 7.59. The normalized spacial score (nSPS) is 10.2. The van der Waals surface area contributed by atoms with Crippen LogP contribution in [0, 0.1) is 0 Å². The lowest BCUT2D eigenvalue weighted by molar-refractivity contribution is 0.309. The summed E-state index contributed by atoms with van der Waals surface area (Å²) in [5.41, 5.74) is 2.54. The van der Waals surface area contributed by atoms with Crippen LogP contribution in [-0.2, 0) is 0 Å². The number of halogens is 2. The van der Waals surface area contributed by atoms with E-state index in [2.05, 4.69) is 5.43 Å². The number of hydrogen-bond donors (Lipinski definition) is 2. The van der Waals surface area contributed by atoms with Crippen LogP contribution in [0.15, 0.2) is 18.2 Å². The summed E-state index contributed by atoms with van der Waals surface area (Å²) < 4.78 is 5.41. The first-order valence-corrected chi connectivity index (χ1v) is 5.01. The molecular weight excluding hydrogens is 223 g/mol. The van der Waals surface area contributed by atoms with Gasteiger partial charge in [-0.15, -0.1) is 0 Å². The standard InChI is InChI=1S/C9H12Cl2N2O/c10-7-2-3-9(8(11)6-7)14-5-1-4-13-12/h2-3,6,13H,1,4-5,12H2. The molecule has 1 rings (SSSR count). The van der Waals surface area contributed by atoms with Crippen LogP contribution in [0.5, 0.6) is 5.75 Å². The maximum absolute atomic E-state index is 5.89. The first kappa shape index (κ1) is 11.6. The molecule has 5 heteroatoms. The summed E-state index contributed by atoms with van der Waals surface area (Å²) in [4.78, 5) is 0. The molecule has 0 fully saturated rings. The van der Waals surface area contributed by atoms with Gasteiger partial charge in [-0.2, -0.15) is 0 Å². The molecule has 0 bridgehead atoms. The van der Waals surface area contributed by atoms with Crippen LogP contribution in [-0.4, -0.2) is 13.2 Å². The average Bonchev–Trinajstić information content (AvgIpc) is 2.15. The van der Waals surface area contributed by atoms with Crippen molar-refractivity contribution in [1.82, 2.24) is 5.43 Å². The second-order valence-electron chi connectivity index (χ2n) is 2.73. The molecule has 0 atom stereocenters. The third-order valence-corrected chi connectivity index (χ3v) is 2.15. The van der Waals surface area contributed by atoms with E-state index in [-0.39, 0.29) is 0 Å². The molecule has 0 aliphatic rings. The summed E-state index contributed by atoms with van der Waals surface area (Å²) in [7, 11) is 0. The minimum Gasteiger partial charge on any atom is -0.492 e. The van der Waals surface area contributed by atoms with E-state index in [0.29, 0.717) is 28.9 Å². The molecule has 78 valence electrons. The van der Waals surface area contributed by atoms with Gasteiger partial charge in [0.25, 0.3) is 0 Å². The molecule has 0 aromatic heterocycles. The van der Waals surface area contributed by atoms with Crippen LogP contribution in [0.3, 0.4) is 0 Å². The molecule has 0 saturated heterocycles. The van der Waals surface area contributed by atoms with E-state index in [0.717, 1.165) is 6.42 Å². The number of benzene rings is 1. The predicted octanol–water partition coefficient (Wildman–Crippen LogP) is 2.23. The van der Waals surface area contributed by atoms with E-state index in [1.165, 1.54) is 0 Å². The highest BCUT2D eigenvalue weighted by Crippen LogP contribution is 2.27. The second-order valence-corrected chi connectivity index (χ2v) is 3.57. The lowest BCUT2D eigenvalue weighted by atomic mass is 10.3. The Morgan fingerprint density at radius 1 is 1.36 bits per heavy atom. The SMILES string of the molecule is NNCCCOc1ccc(Cl)cc1Cl. The first-order valence-electron chi connectivity index (χ1n) is 4.25. The topological polar surface area (TPSA) is 47.3 Å². The Labute approximate surface area is 93.1 Å². The van der Waals surface area contributed by atoms with Gasteiger partial charge in [-0.1, -0.05) is 23.2 Å². The second kappa shape index (κ2) is 6.09. The molecule has 1 aromatic carbocycles. The Morgan fingerprint density at radius 2 is 2.14 bits per heavy atom. The third kappa shape index (κ3) is 3.72. The van der Waals surface area contributed by atoms with Crippen molar-refractivity contribution in [2.45, 2.75) is 6.42 Å². The van der Waals surface area contributed by atoms with Gasteiger partial charge in [0.2, 0.25) is 0 Å². The van der Waals surface area contributed by atoms with Gasteiger partial charge in [0, 0.05) is 11.6 Å². The molecule has 3 nitrogen and oxygen atoms in total.